The van der Waals surface area contributed by atoms with E-state index in [-0.39, 0.29) is 0 Å². The van der Waals surface area contributed by atoms with Gasteiger partial charge in [-0.25, -0.2) is 0 Å². The summed E-state index contributed by atoms with van der Waals surface area (Å²) in [4.78, 5) is 0. The summed E-state index contributed by atoms with van der Waals surface area (Å²) >= 11 is 0. The van der Waals surface area contributed by atoms with Gasteiger partial charge in [0.2, 0.25) is 0 Å². The molecule has 0 fully saturated rings. The molecule has 0 saturated heterocycles. The van der Waals surface area contributed by atoms with Crippen LogP contribution in [-0.2, 0) is 0 Å². The van der Waals surface area contributed by atoms with Gasteiger partial charge in [-0.05, 0) is 104 Å². The summed E-state index contributed by atoms with van der Waals surface area (Å²) in [5.41, 5.74) is 5.65. The van der Waals surface area contributed by atoms with Gasteiger partial charge in [-0.3, -0.25) is 0 Å². The van der Waals surface area contributed by atoms with E-state index in [4.69, 9.17) is 0 Å². The first kappa shape index (κ1) is 44.1. The van der Waals surface area contributed by atoms with Crippen LogP contribution >= 0.6 is 0 Å². The van der Waals surface area contributed by atoms with Crippen molar-refractivity contribution in [3.63, 3.8) is 0 Å². The lowest BCUT2D eigenvalue weighted by atomic mass is 9.98. The van der Waals surface area contributed by atoms with Gasteiger partial charge in [-0.15, -0.1) is 0 Å². The predicted molar refractivity (Wildman–Crippen MR) is 268 cm³/mol. The maximum Gasteiger partial charge on any atom is 0.108 e. The van der Waals surface area contributed by atoms with Crippen LogP contribution in [0.3, 0.4) is 0 Å². The minimum Gasteiger partial charge on any atom is -0.0676 e. The number of rotatable bonds is 6. The van der Waals surface area contributed by atoms with Crippen LogP contribution in [0, 0.1) is 142 Å². The fourth-order valence-electron chi connectivity index (χ4n) is 6.39. The van der Waals surface area contributed by atoms with Crippen molar-refractivity contribution in [3.8, 4) is 142 Å². The lowest BCUT2D eigenvalue weighted by molar-refractivity contribution is 1.16. The molecule has 0 nitrogen and oxygen atoms in total. The van der Waals surface area contributed by atoms with Crippen LogP contribution in [0.2, 0.25) is 0 Å². The van der Waals surface area contributed by atoms with Gasteiger partial charge in [0.25, 0.3) is 0 Å². The van der Waals surface area contributed by atoms with Crippen LogP contribution in [0.1, 0.15) is 68.9 Å². The Morgan fingerprint density at radius 2 is 0.258 bits per heavy atom. The van der Waals surface area contributed by atoms with Crippen molar-refractivity contribution in [3.05, 3.63) is 215 Å². The standard InChI is InChI=1S/C66H36/c1-7-31-55(32-8-1)61-43-19-21-45-62(56-33-9-2-10-34-56)47-23-25-49-64(58-37-13-4-14-38-58)51-27-29-53-66(60-41-17-6-18-42-60)54-30-28-52-65(59-39-15-5-16-40-59)50-26-24-48-63(46-22-20-44-61)57-35-11-3-12-36-57/h1-18,31-42,61-66H. The number of hydrogen-bond acceptors (Lipinski definition) is 0. The van der Waals surface area contributed by atoms with Crippen LogP contribution in [0.15, 0.2) is 182 Å². The fourth-order valence-corrected chi connectivity index (χ4v) is 6.39. The van der Waals surface area contributed by atoms with Gasteiger partial charge in [-0.1, -0.05) is 253 Å². The third-order valence-electron chi connectivity index (χ3n) is 9.77. The highest BCUT2D eigenvalue weighted by Gasteiger charge is 2.08. The molecule has 0 heteroatoms. The zero-order valence-corrected chi connectivity index (χ0v) is 35.8. The van der Waals surface area contributed by atoms with Gasteiger partial charge in [-0.2, -0.15) is 0 Å². The van der Waals surface area contributed by atoms with Gasteiger partial charge < -0.3 is 0 Å². The second kappa shape index (κ2) is 25.1. The van der Waals surface area contributed by atoms with Crippen molar-refractivity contribution >= 4 is 0 Å². The zero-order chi connectivity index (χ0) is 45.1. The first-order chi connectivity index (χ1) is 32.8. The first-order valence-electron chi connectivity index (χ1n) is 21.2. The minimum absolute atomic E-state index is 0.431. The topological polar surface area (TPSA) is 0 Å². The normalized spacial score (nSPS) is 18.0. The summed E-state index contributed by atoms with van der Waals surface area (Å²) in [5.74, 6) is 73.1. The molecule has 0 amide bonds. The summed E-state index contributed by atoms with van der Waals surface area (Å²) in [6, 6.07) is 59.3. The average Bonchev–Trinajstić information content (AvgIpc) is 3.38. The quantitative estimate of drug-likeness (QED) is 0.147. The van der Waals surface area contributed by atoms with E-state index in [0.717, 1.165) is 33.4 Å². The second-order valence-electron chi connectivity index (χ2n) is 14.3. The molecule has 66 heavy (non-hydrogen) atoms. The lowest BCUT2D eigenvalue weighted by Crippen LogP contribution is -1.94. The molecule has 0 radical (unpaired) electrons. The summed E-state index contributed by atoms with van der Waals surface area (Å²) < 4.78 is 0. The highest BCUT2D eigenvalue weighted by atomic mass is 14.1. The van der Waals surface area contributed by atoms with Gasteiger partial charge in [0.1, 0.15) is 35.5 Å². The molecule has 7 rings (SSSR count). The molecule has 0 unspecified atom stereocenters. The fraction of sp³-hybridized carbons (Fsp3) is 0.0909. The third-order valence-corrected chi connectivity index (χ3v) is 9.77. The Morgan fingerprint density at radius 3 is 0.364 bits per heavy atom. The van der Waals surface area contributed by atoms with E-state index in [2.05, 4.69) is 142 Å². The summed E-state index contributed by atoms with van der Waals surface area (Å²) in [6.45, 7) is 0. The van der Waals surface area contributed by atoms with Gasteiger partial charge in [0, 0.05) is 0 Å². The van der Waals surface area contributed by atoms with Crippen LogP contribution in [0.25, 0.3) is 0 Å². The van der Waals surface area contributed by atoms with E-state index in [1.54, 1.807) is 0 Å². The summed E-state index contributed by atoms with van der Waals surface area (Å²) in [5, 5.41) is 0. The van der Waals surface area contributed by atoms with Crippen LogP contribution in [0.5, 0.6) is 0 Å². The SMILES string of the molecule is C1#CC(c2ccccc2)C#CC#CC(c2ccccc2)C#CC#CC(c2ccccc2)C#CC#CC(c2ccccc2)C#CC#CC(c2ccccc2)C#CC#CC(c2ccccc2)C#C1. The highest BCUT2D eigenvalue weighted by molar-refractivity contribution is 5.51. The maximum absolute atomic E-state index is 3.25. The van der Waals surface area contributed by atoms with E-state index in [0.29, 0.717) is 0 Å². The van der Waals surface area contributed by atoms with Crippen molar-refractivity contribution in [2.45, 2.75) is 35.5 Å². The van der Waals surface area contributed by atoms with Gasteiger partial charge in [0.05, 0.1) is 0 Å². The van der Waals surface area contributed by atoms with Gasteiger partial charge in [0.15, 0.2) is 0 Å². The van der Waals surface area contributed by atoms with E-state index in [1.807, 2.05) is 182 Å². The van der Waals surface area contributed by atoms with E-state index in [1.165, 1.54) is 0 Å². The largest absolute Gasteiger partial charge is 0.108 e. The molecule has 300 valence electrons. The monoisotopic (exact) mass is 828 g/mol. The molecular formula is C66H36. The van der Waals surface area contributed by atoms with Crippen molar-refractivity contribution in [2.75, 3.05) is 0 Å². The Balaban J connectivity index is 1.33. The van der Waals surface area contributed by atoms with Crippen molar-refractivity contribution in [2.24, 2.45) is 0 Å². The molecule has 0 heterocycles. The third kappa shape index (κ3) is 14.0. The van der Waals surface area contributed by atoms with Crippen LogP contribution in [0.4, 0.5) is 0 Å². The molecule has 0 aromatic heterocycles. The average molecular weight is 829 g/mol. The molecule has 0 aliphatic heterocycles. The number of hydrogen-bond donors (Lipinski definition) is 0. The predicted octanol–water partition coefficient (Wildman–Crippen LogP) is 10.7. The van der Waals surface area contributed by atoms with Crippen LogP contribution in [-0.4, -0.2) is 0 Å². The van der Waals surface area contributed by atoms with E-state index in [9.17, 15) is 0 Å². The van der Waals surface area contributed by atoms with E-state index < -0.39 is 35.5 Å². The van der Waals surface area contributed by atoms with Gasteiger partial charge >= 0.3 is 0 Å². The molecular weight excluding hydrogens is 793 g/mol. The van der Waals surface area contributed by atoms with Crippen molar-refractivity contribution in [1.82, 2.24) is 0 Å². The highest BCUT2D eigenvalue weighted by Crippen LogP contribution is 2.18. The van der Waals surface area contributed by atoms with E-state index >= 15 is 0 Å². The second-order valence-corrected chi connectivity index (χ2v) is 14.3. The lowest BCUT2D eigenvalue weighted by Gasteiger charge is -2.03. The Labute approximate surface area is 391 Å². The molecule has 6 aromatic carbocycles. The molecule has 0 spiro atoms. The molecule has 0 bridgehead atoms. The molecule has 1 aliphatic carbocycles. The Kier molecular flexibility index (Phi) is 16.8. The van der Waals surface area contributed by atoms with Crippen molar-refractivity contribution in [1.29, 1.82) is 0 Å². The molecule has 0 N–H and O–H groups in total. The number of benzene rings is 6. The Bertz CT molecular complexity index is 2690. The molecule has 0 saturated carbocycles. The Morgan fingerprint density at radius 1 is 0.152 bits per heavy atom. The molecule has 6 aromatic rings. The first-order valence-corrected chi connectivity index (χ1v) is 21.2. The maximum atomic E-state index is 3.25. The summed E-state index contributed by atoms with van der Waals surface area (Å²) in [7, 11) is 0. The molecule has 0 atom stereocenters. The molecule has 1 aliphatic rings. The zero-order valence-electron chi connectivity index (χ0n) is 35.8. The summed E-state index contributed by atoms with van der Waals surface area (Å²) in [6.07, 6.45) is 0. The van der Waals surface area contributed by atoms with Crippen molar-refractivity contribution < 1.29 is 0 Å². The van der Waals surface area contributed by atoms with Crippen LogP contribution < -0.4 is 0 Å². The Hall–Kier alpha value is -9.96. The smallest absolute Gasteiger partial charge is 0.0676 e. The minimum atomic E-state index is -0.431.